The maximum atomic E-state index is 10.2. The fourth-order valence-corrected chi connectivity index (χ4v) is 1.40. The number of rotatable bonds is 2. The summed E-state index contributed by atoms with van der Waals surface area (Å²) in [4.78, 5) is 36.6. The Morgan fingerprint density at radius 1 is 1.08 bits per heavy atom. The SMILES string of the molecule is O=Cc1ccc([PH](O)(O)O)cc1. The van der Waals surface area contributed by atoms with Gasteiger partial charge in [0.1, 0.15) is 0 Å². The van der Waals surface area contributed by atoms with Gasteiger partial charge in [-0.1, -0.05) is 0 Å². The topological polar surface area (TPSA) is 77.8 Å². The second-order valence-corrected chi connectivity index (χ2v) is 4.22. The van der Waals surface area contributed by atoms with E-state index in [9.17, 15) is 4.79 Å². The summed E-state index contributed by atoms with van der Waals surface area (Å²) in [5.74, 6) is 0. The second kappa shape index (κ2) is 3.29. The normalized spacial score (nSPS) is 12.6. The van der Waals surface area contributed by atoms with E-state index in [1.165, 1.54) is 24.3 Å². The van der Waals surface area contributed by atoms with Crippen LogP contribution in [-0.2, 0) is 0 Å². The van der Waals surface area contributed by atoms with Crippen molar-refractivity contribution in [2.24, 2.45) is 0 Å². The van der Waals surface area contributed by atoms with E-state index in [1.54, 1.807) is 0 Å². The number of hydrogen-bond donors (Lipinski definition) is 3. The van der Waals surface area contributed by atoms with Gasteiger partial charge in [0.05, 0.1) is 0 Å². The van der Waals surface area contributed by atoms with Crippen molar-refractivity contribution in [2.45, 2.75) is 0 Å². The number of benzene rings is 1. The Morgan fingerprint density at radius 2 is 1.58 bits per heavy atom. The van der Waals surface area contributed by atoms with E-state index in [2.05, 4.69) is 0 Å². The third kappa shape index (κ3) is 2.09. The molecule has 1 aromatic rings. The van der Waals surface area contributed by atoms with Gasteiger partial charge in [0.2, 0.25) is 0 Å². The molecular weight excluding hydrogens is 179 g/mol. The van der Waals surface area contributed by atoms with Crippen LogP contribution in [0.1, 0.15) is 10.4 Å². The fraction of sp³-hybridized carbons (Fsp3) is 0. The van der Waals surface area contributed by atoms with Crippen LogP contribution >= 0.6 is 7.94 Å². The van der Waals surface area contributed by atoms with Gasteiger partial charge in [0, 0.05) is 0 Å². The number of hydrogen-bond acceptors (Lipinski definition) is 4. The third-order valence-corrected chi connectivity index (χ3v) is 2.54. The first kappa shape index (κ1) is 9.29. The summed E-state index contributed by atoms with van der Waals surface area (Å²) in [6.45, 7) is 0. The molecule has 0 aliphatic heterocycles. The summed E-state index contributed by atoms with van der Waals surface area (Å²) < 4.78 is 0. The van der Waals surface area contributed by atoms with Gasteiger partial charge in [-0.2, -0.15) is 0 Å². The molecule has 4 nitrogen and oxygen atoms in total. The second-order valence-electron chi connectivity index (χ2n) is 2.38. The molecule has 0 aromatic heterocycles. The minimum absolute atomic E-state index is 0.0631. The first-order chi connectivity index (χ1) is 5.54. The average Bonchev–Trinajstić information content (AvgIpc) is 2.03. The Kier molecular flexibility index (Phi) is 2.55. The zero-order valence-electron chi connectivity index (χ0n) is 6.14. The summed E-state index contributed by atoms with van der Waals surface area (Å²) in [5, 5.41) is 0.0631. The van der Waals surface area contributed by atoms with Crippen molar-refractivity contribution in [3.8, 4) is 0 Å². The quantitative estimate of drug-likeness (QED) is 0.435. The molecule has 66 valence electrons. The van der Waals surface area contributed by atoms with Crippen LogP contribution in [0.4, 0.5) is 0 Å². The van der Waals surface area contributed by atoms with E-state index >= 15 is 0 Å². The molecule has 0 bridgehead atoms. The van der Waals surface area contributed by atoms with Crippen LogP contribution in [-0.4, -0.2) is 21.0 Å². The van der Waals surface area contributed by atoms with E-state index in [0.29, 0.717) is 11.8 Å². The van der Waals surface area contributed by atoms with Gasteiger partial charge in [-0.3, -0.25) is 0 Å². The van der Waals surface area contributed by atoms with Gasteiger partial charge < -0.3 is 0 Å². The Balaban J connectivity index is 3.00. The van der Waals surface area contributed by atoms with Crippen LogP contribution in [0.15, 0.2) is 24.3 Å². The summed E-state index contributed by atoms with van der Waals surface area (Å²) in [6.07, 6.45) is 0.638. The van der Waals surface area contributed by atoms with Crippen LogP contribution in [0, 0.1) is 0 Å². The molecule has 0 fully saturated rings. The van der Waals surface area contributed by atoms with Crippen molar-refractivity contribution < 1.29 is 19.5 Å². The molecular formula is C7H9O4P. The summed E-state index contributed by atoms with van der Waals surface area (Å²) >= 11 is 0. The van der Waals surface area contributed by atoms with Crippen LogP contribution in [0.25, 0.3) is 0 Å². The molecule has 0 spiro atoms. The monoisotopic (exact) mass is 188 g/mol. The van der Waals surface area contributed by atoms with Crippen molar-refractivity contribution in [3.05, 3.63) is 29.8 Å². The molecule has 12 heavy (non-hydrogen) atoms. The van der Waals surface area contributed by atoms with E-state index in [0.717, 1.165) is 0 Å². The molecule has 0 heterocycles. The van der Waals surface area contributed by atoms with E-state index in [4.69, 9.17) is 14.7 Å². The van der Waals surface area contributed by atoms with Crippen molar-refractivity contribution in [1.82, 2.24) is 0 Å². The molecule has 0 unspecified atom stereocenters. The Labute approximate surface area is 69.7 Å². The average molecular weight is 188 g/mol. The number of aldehydes is 1. The molecule has 1 aromatic carbocycles. The van der Waals surface area contributed by atoms with E-state index in [1.807, 2.05) is 0 Å². The Morgan fingerprint density at radius 3 is 1.92 bits per heavy atom. The summed E-state index contributed by atoms with van der Waals surface area (Å²) in [6, 6.07) is 5.45. The molecule has 0 aliphatic rings. The predicted molar refractivity (Wildman–Crippen MR) is 46.4 cm³/mol. The van der Waals surface area contributed by atoms with Crippen molar-refractivity contribution in [3.63, 3.8) is 0 Å². The van der Waals surface area contributed by atoms with E-state index in [-0.39, 0.29) is 5.30 Å². The van der Waals surface area contributed by atoms with Crippen LogP contribution in [0.2, 0.25) is 0 Å². The molecule has 0 saturated heterocycles. The van der Waals surface area contributed by atoms with E-state index < -0.39 is 7.94 Å². The van der Waals surface area contributed by atoms with Crippen LogP contribution in [0.3, 0.4) is 0 Å². The first-order valence-corrected chi connectivity index (χ1v) is 5.11. The van der Waals surface area contributed by atoms with Crippen LogP contribution in [0.5, 0.6) is 0 Å². The standard InChI is InChI=1S/C7H9O4P/c8-5-6-1-3-7(4-2-6)12(9,10)11/h1-5,9-12H. The van der Waals surface area contributed by atoms with Gasteiger partial charge in [-0.15, -0.1) is 0 Å². The van der Waals surface area contributed by atoms with Crippen molar-refractivity contribution in [2.75, 3.05) is 0 Å². The van der Waals surface area contributed by atoms with Crippen LogP contribution < -0.4 is 5.30 Å². The molecule has 3 N–H and O–H groups in total. The minimum atomic E-state index is -4.18. The predicted octanol–water partition coefficient (Wildman–Crippen LogP) is -0.404. The molecule has 1 rings (SSSR count). The molecule has 5 heteroatoms. The van der Waals surface area contributed by atoms with Gasteiger partial charge in [0.15, 0.2) is 0 Å². The van der Waals surface area contributed by atoms with Crippen molar-refractivity contribution >= 4 is 19.5 Å². The zero-order valence-corrected chi connectivity index (χ0v) is 7.14. The fourth-order valence-electron chi connectivity index (χ4n) is 0.785. The zero-order chi connectivity index (χ0) is 9.19. The van der Waals surface area contributed by atoms with Gasteiger partial charge in [-0.05, 0) is 0 Å². The van der Waals surface area contributed by atoms with Gasteiger partial charge in [0.25, 0.3) is 0 Å². The summed E-state index contributed by atoms with van der Waals surface area (Å²) in [5.41, 5.74) is 0.428. The van der Waals surface area contributed by atoms with Gasteiger partial charge in [-0.25, -0.2) is 0 Å². The first-order valence-electron chi connectivity index (χ1n) is 3.27. The molecule has 0 atom stereocenters. The van der Waals surface area contributed by atoms with Gasteiger partial charge >= 0.3 is 68.8 Å². The number of carbonyl (C=O) groups excluding carboxylic acids is 1. The molecule has 0 radical (unpaired) electrons. The number of carbonyl (C=O) groups is 1. The maximum absolute atomic E-state index is 10.2. The van der Waals surface area contributed by atoms with Crippen molar-refractivity contribution in [1.29, 1.82) is 0 Å². The molecule has 0 amide bonds. The molecule has 0 saturated carbocycles. The summed E-state index contributed by atoms with van der Waals surface area (Å²) in [7, 11) is -4.18. The third-order valence-electron chi connectivity index (χ3n) is 1.43. The molecule has 0 aliphatic carbocycles. The Bertz CT molecular complexity index is 274. The Hall–Kier alpha value is -0.800.